The summed E-state index contributed by atoms with van der Waals surface area (Å²) < 4.78 is 15.0. The van der Waals surface area contributed by atoms with Crippen molar-refractivity contribution in [2.24, 2.45) is 0 Å². The van der Waals surface area contributed by atoms with Gasteiger partial charge in [0.2, 0.25) is 0 Å². The minimum absolute atomic E-state index is 0.0569. The van der Waals surface area contributed by atoms with Crippen molar-refractivity contribution >= 4 is 29.2 Å². The molecule has 3 aromatic rings. The molecule has 1 aliphatic rings. The molecule has 1 aromatic heterocycles. The summed E-state index contributed by atoms with van der Waals surface area (Å²) in [5.41, 5.74) is 2.52. The highest BCUT2D eigenvalue weighted by atomic mass is 35.5. The summed E-state index contributed by atoms with van der Waals surface area (Å²) >= 11 is 12.7. The van der Waals surface area contributed by atoms with Crippen LogP contribution in [0.1, 0.15) is 46.1 Å². The third-order valence-electron chi connectivity index (χ3n) is 6.10. The van der Waals surface area contributed by atoms with Crippen LogP contribution in [0.3, 0.4) is 0 Å². The number of hydrogen-bond donors (Lipinski definition) is 1. The Morgan fingerprint density at radius 1 is 1.06 bits per heavy atom. The van der Waals surface area contributed by atoms with Gasteiger partial charge in [-0.25, -0.2) is 9.18 Å². The summed E-state index contributed by atoms with van der Waals surface area (Å²) in [6, 6.07) is 14.7. The van der Waals surface area contributed by atoms with E-state index < -0.39 is 5.97 Å². The molecular formula is C25H23Cl2FN2O3. The van der Waals surface area contributed by atoms with Crippen LogP contribution < -0.4 is 5.56 Å². The van der Waals surface area contributed by atoms with Crippen LogP contribution in [0, 0.1) is 5.82 Å². The molecule has 1 atom stereocenters. The third-order valence-corrected chi connectivity index (χ3v) is 6.70. The molecule has 5 nitrogen and oxygen atoms in total. The van der Waals surface area contributed by atoms with Crippen molar-refractivity contribution in [3.8, 4) is 0 Å². The van der Waals surface area contributed by atoms with Crippen LogP contribution in [-0.2, 0) is 19.5 Å². The number of halogens is 3. The summed E-state index contributed by atoms with van der Waals surface area (Å²) in [7, 11) is 0. The van der Waals surface area contributed by atoms with Crippen molar-refractivity contribution in [3.63, 3.8) is 0 Å². The fourth-order valence-electron chi connectivity index (χ4n) is 4.36. The number of carboxylic acid groups (broad SMARTS) is 1. The first-order valence-corrected chi connectivity index (χ1v) is 11.5. The van der Waals surface area contributed by atoms with E-state index in [2.05, 4.69) is 4.90 Å². The topological polar surface area (TPSA) is 62.5 Å². The summed E-state index contributed by atoms with van der Waals surface area (Å²) in [4.78, 5) is 26.2. The van der Waals surface area contributed by atoms with E-state index in [9.17, 15) is 14.0 Å². The van der Waals surface area contributed by atoms with Crippen LogP contribution >= 0.6 is 23.2 Å². The van der Waals surface area contributed by atoms with Gasteiger partial charge in [0, 0.05) is 19.1 Å². The predicted octanol–water partition coefficient (Wildman–Crippen LogP) is 5.57. The van der Waals surface area contributed by atoms with E-state index in [1.165, 1.54) is 18.2 Å². The lowest BCUT2D eigenvalue weighted by Crippen LogP contribution is -2.31. The molecule has 0 amide bonds. The molecule has 8 heteroatoms. The number of carboxylic acids is 1. The second-order valence-corrected chi connectivity index (χ2v) is 8.99. The first-order valence-electron chi connectivity index (χ1n) is 10.7. The predicted molar refractivity (Wildman–Crippen MR) is 127 cm³/mol. The first-order chi connectivity index (χ1) is 15.8. The van der Waals surface area contributed by atoms with Gasteiger partial charge in [0.25, 0.3) is 5.56 Å². The highest BCUT2D eigenvalue weighted by Gasteiger charge is 2.28. The zero-order chi connectivity index (χ0) is 23.5. The van der Waals surface area contributed by atoms with Gasteiger partial charge in [-0.2, -0.15) is 0 Å². The lowest BCUT2D eigenvalue weighted by Gasteiger charge is -2.27. The molecule has 0 bridgehead atoms. The van der Waals surface area contributed by atoms with Gasteiger partial charge in [-0.05, 0) is 67.3 Å². The number of nitrogens with zero attached hydrogens (tertiary/aromatic N) is 2. The molecule has 0 radical (unpaired) electrons. The molecule has 1 saturated heterocycles. The zero-order valence-corrected chi connectivity index (χ0v) is 19.3. The van der Waals surface area contributed by atoms with Crippen molar-refractivity contribution in [1.82, 2.24) is 9.47 Å². The van der Waals surface area contributed by atoms with Crippen molar-refractivity contribution in [1.29, 1.82) is 0 Å². The minimum Gasteiger partial charge on any atom is -0.478 e. The minimum atomic E-state index is -0.983. The van der Waals surface area contributed by atoms with Crippen LogP contribution in [0.2, 0.25) is 10.0 Å². The Labute approximate surface area is 201 Å². The number of aromatic carboxylic acids is 1. The average Bonchev–Trinajstić information content (AvgIpc) is 3.26. The summed E-state index contributed by atoms with van der Waals surface area (Å²) in [6.07, 6.45) is 2.45. The van der Waals surface area contributed by atoms with Crippen molar-refractivity contribution in [2.45, 2.75) is 38.4 Å². The number of likely N-dealkylation sites (tertiary alicyclic amines) is 1. The number of aryl methyl sites for hydroxylation is 1. The van der Waals surface area contributed by atoms with Crippen molar-refractivity contribution < 1.29 is 14.3 Å². The van der Waals surface area contributed by atoms with E-state index in [1.807, 2.05) is 0 Å². The lowest BCUT2D eigenvalue weighted by atomic mass is 10.0. The Bertz CT molecular complexity index is 1210. The molecule has 172 valence electrons. The average molecular weight is 489 g/mol. The molecule has 0 saturated carbocycles. The molecule has 4 rings (SSSR count). The van der Waals surface area contributed by atoms with Gasteiger partial charge in [-0.3, -0.25) is 9.69 Å². The molecule has 1 N–H and O–H groups in total. The fraction of sp³-hybridized carbons (Fsp3) is 0.280. The maximum atomic E-state index is 13.4. The fourth-order valence-corrected chi connectivity index (χ4v) is 4.90. The molecule has 1 unspecified atom stereocenters. The van der Waals surface area contributed by atoms with Crippen molar-refractivity contribution in [3.05, 3.63) is 103 Å². The number of hydrogen-bond acceptors (Lipinski definition) is 3. The number of benzene rings is 2. The highest BCUT2D eigenvalue weighted by molar-refractivity contribution is 6.34. The summed E-state index contributed by atoms with van der Waals surface area (Å²) in [5, 5.41) is 9.55. The maximum Gasteiger partial charge on any atom is 0.335 e. The molecule has 33 heavy (non-hydrogen) atoms. The van der Waals surface area contributed by atoms with Gasteiger partial charge in [0.15, 0.2) is 0 Å². The second kappa shape index (κ2) is 10.1. The molecule has 0 aliphatic carbocycles. The zero-order valence-electron chi connectivity index (χ0n) is 17.8. The van der Waals surface area contributed by atoms with Gasteiger partial charge in [0.05, 0.1) is 16.3 Å². The summed E-state index contributed by atoms with van der Waals surface area (Å²) in [6.45, 7) is 1.66. The van der Waals surface area contributed by atoms with E-state index in [4.69, 9.17) is 28.3 Å². The normalized spacial score (nSPS) is 16.3. The Kier molecular flexibility index (Phi) is 7.17. The Hall–Kier alpha value is -2.67. The SMILES string of the molecule is O=C(O)c1ccc(CCn2c(CN3CCCC3c3ccc(F)cc3)c(Cl)cc(Cl)c2=O)cc1. The van der Waals surface area contributed by atoms with Gasteiger partial charge >= 0.3 is 5.97 Å². The molecular weight excluding hydrogens is 466 g/mol. The number of pyridine rings is 1. The lowest BCUT2D eigenvalue weighted by molar-refractivity contribution is 0.0697. The van der Waals surface area contributed by atoms with Crippen LogP contribution in [0.15, 0.2) is 59.4 Å². The molecule has 1 aliphatic heterocycles. The second-order valence-electron chi connectivity index (χ2n) is 8.18. The van der Waals surface area contributed by atoms with Gasteiger partial charge in [-0.1, -0.05) is 47.5 Å². The standard InChI is InChI=1S/C25H23Cl2FN2O3/c26-20-14-21(27)24(31)30(13-11-16-3-5-18(6-4-16)25(32)33)23(20)15-29-12-1-2-22(29)17-7-9-19(28)10-8-17/h3-10,14,22H,1-2,11-13,15H2,(H,32,33). The van der Waals surface area contributed by atoms with E-state index in [0.29, 0.717) is 30.2 Å². The Morgan fingerprint density at radius 2 is 1.76 bits per heavy atom. The first kappa shape index (κ1) is 23.5. The van der Waals surface area contributed by atoms with Crippen LogP contribution in [-0.4, -0.2) is 27.1 Å². The van der Waals surface area contributed by atoms with E-state index in [-0.39, 0.29) is 28.0 Å². The molecule has 1 fully saturated rings. The number of carbonyl (C=O) groups is 1. The van der Waals surface area contributed by atoms with Gasteiger partial charge in [-0.15, -0.1) is 0 Å². The largest absolute Gasteiger partial charge is 0.478 e. The quantitative estimate of drug-likeness (QED) is 0.471. The van der Waals surface area contributed by atoms with Crippen LogP contribution in [0.5, 0.6) is 0 Å². The van der Waals surface area contributed by atoms with Gasteiger partial charge < -0.3 is 9.67 Å². The molecule has 2 aromatic carbocycles. The maximum absolute atomic E-state index is 13.4. The van der Waals surface area contributed by atoms with Crippen LogP contribution in [0.25, 0.3) is 0 Å². The summed E-state index contributed by atoms with van der Waals surface area (Å²) in [5.74, 6) is -1.25. The Balaban J connectivity index is 1.59. The van der Waals surface area contributed by atoms with E-state index >= 15 is 0 Å². The third kappa shape index (κ3) is 5.29. The van der Waals surface area contributed by atoms with Crippen LogP contribution in [0.4, 0.5) is 4.39 Å². The van der Waals surface area contributed by atoms with Gasteiger partial charge in [0.1, 0.15) is 10.8 Å². The van der Waals surface area contributed by atoms with E-state index in [1.54, 1.807) is 41.0 Å². The molecule has 0 spiro atoms. The monoisotopic (exact) mass is 488 g/mol. The number of rotatable bonds is 7. The van der Waals surface area contributed by atoms with E-state index in [0.717, 1.165) is 30.5 Å². The smallest absolute Gasteiger partial charge is 0.335 e. The Morgan fingerprint density at radius 3 is 2.42 bits per heavy atom. The van der Waals surface area contributed by atoms with Crippen molar-refractivity contribution in [2.75, 3.05) is 6.54 Å². The number of aromatic nitrogens is 1. The molecule has 2 heterocycles. The highest BCUT2D eigenvalue weighted by Crippen LogP contribution is 2.34.